The summed E-state index contributed by atoms with van der Waals surface area (Å²) in [7, 11) is 0. The van der Waals surface area contributed by atoms with E-state index in [1.54, 1.807) is 6.92 Å². The number of hydrogen-bond acceptors (Lipinski definition) is 7. The number of nitrogens with one attached hydrogen (secondary N) is 1. The molecule has 7 nitrogen and oxygen atoms in total. The minimum atomic E-state index is -0.887. The molecule has 26 heavy (non-hydrogen) atoms. The monoisotopic (exact) mass is 379 g/mol. The van der Waals surface area contributed by atoms with Gasteiger partial charge in [-0.05, 0) is 38.4 Å². The highest BCUT2D eigenvalue weighted by Gasteiger charge is 2.48. The molecule has 0 aliphatic carbocycles. The van der Waals surface area contributed by atoms with Gasteiger partial charge in [0.2, 0.25) is 5.91 Å². The number of likely N-dealkylation sites (tertiary alicyclic amines) is 1. The SMILES string of the molecule is CCOC(=O)C(NC(C)=O)C1(SN=O)CCN(Cc2ccccc2)CC1. The lowest BCUT2D eigenvalue weighted by atomic mass is 9.87. The van der Waals surface area contributed by atoms with E-state index in [0.717, 1.165) is 18.5 Å². The van der Waals surface area contributed by atoms with Crippen molar-refractivity contribution in [2.75, 3.05) is 19.7 Å². The average Bonchev–Trinajstić information content (AvgIpc) is 2.62. The molecule has 1 aliphatic rings. The predicted molar refractivity (Wildman–Crippen MR) is 101 cm³/mol. The predicted octanol–water partition coefficient (Wildman–Crippen LogP) is 2.50. The fourth-order valence-corrected chi connectivity index (χ4v) is 4.05. The van der Waals surface area contributed by atoms with Crippen molar-refractivity contribution >= 4 is 23.8 Å². The van der Waals surface area contributed by atoms with Crippen molar-refractivity contribution in [3.63, 3.8) is 0 Å². The normalized spacial score (nSPS) is 17.9. The highest BCUT2D eigenvalue weighted by molar-refractivity contribution is 7.99. The van der Waals surface area contributed by atoms with Gasteiger partial charge in [-0.1, -0.05) is 30.3 Å². The van der Waals surface area contributed by atoms with Crippen molar-refractivity contribution in [2.45, 2.75) is 44.0 Å². The lowest BCUT2D eigenvalue weighted by Gasteiger charge is -2.43. The smallest absolute Gasteiger partial charge is 0.330 e. The summed E-state index contributed by atoms with van der Waals surface area (Å²) in [6.07, 6.45) is 1.11. The molecule has 1 N–H and O–H groups in total. The summed E-state index contributed by atoms with van der Waals surface area (Å²) in [5.41, 5.74) is 1.21. The van der Waals surface area contributed by atoms with Crippen molar-refractivity contribution in [1.82, 2.24) is 10.2 Å². The van der Waals surface area contributed by atoms with Crippen molar-refractivity contribution in [3.05, 3.63) is 40.8 Å². The van der Waals surface area contributed by atoms with Gasteiger partial charge in [-0.3, -0.25) is 9.69 Å². The molecule has 1 fully saturated rings. The van der Waals surface area contributed by atoms with Gasteiger partial charge in [0.15, 0.2) is 0 Å². The number of hydrogen-bond donors (Lipinski definition) is 1. The van der Waals surface area contributed by atoms with E-state index in [1.165, 1.54) is 12.5 Å². The van der Waals surface area contributed by atoms with Crippen LogP contribution in [0.4, 0.5) is 0 Å². The molecule has 0 spiro atoms. The Balaban J connectivity index is 2.12. The molecule has 1 atom stereocenters. The van der Waals surface area contributed by atoms with Crippen LogP contribution >= 0.6 is 11.9 Å². The van der Waals surface area contributed by atoms with Gasteiger partial charge < -0.3 is 10.1 Å². The first kappa shape index (κ1) is 20.4. The first-order chi connectivity index (χ1) is 12.5. The zero-order valence-corrected chi connectivity index (χ0v) is 16.0. The van der Waals surface area contributed by atoms with Crippen LogP contribution in [0.25, 0.3) is 0 Å². The molecule has 2 rings (SSSR count). The summed E-state index contributed by atoms with van der Waals surface area (Å²) in [5, 5.41) is 2.67. The summed E-state index contributed by atoms with van der Waals surface area (Å²) in [6.45, 7) is 5.48. The van der Waals surface area contributed by atoms with Crippen LogP contribution in [0.1, 0.15) is 32.3 Å². The van der Waals surface area contributed by atoms with Crippen molar-refractivity contribution in [3.8, 4) is 0 Å². The average molecular weight is 379 g/mol. The summed E-state index contributed by atoms with van der Waals surface area (Å²) in [6, 6.07) is 9.24. The number of piperidine rings is 1. The van der Waals surface area contributed by atoms with Gasteiger partial charge >= 0.3 is 5.97 Å². The van der Waals surface area contributed by atoms with Gasteiger partial charge in [-0.2, -0.15) is 0 Å². The Bertz CT molecular complexity index is 618. The van der Waals surface area contributed by atoms with E-state index in [2.05, 4.69) is 26.9 Å². The highest BCUT2D eigenvalue weighted by Crippen LogP contribution is 2.40. The number of nitrogens with zero attached hydrogens (tertiary/aromatic N) is 2. The molecular weight excluding hydrogens is 354 g/mol. The third kappa shape index (κ3) is 5.28. The maximum absolute atomic E-state index is 12.4. The number of benzene rings is 1. The van der Waals surface area contributed by atoms with Crippen LogP contribution in [0.5, 0.6) is 0 Å². The van der Waals surface area contributed by atoms with Gasteiger partial charge in [0.05, 0.1) is 11.4 Å². The third-order valence-electron chi connectivity index (χ3n) is 4.57. The molecule has 1 heterocycles. The van der Waals surface area contributed by atoms with Gasteiger partial charge in [-0.25, -0.2) is 4.79 Å². The van der Waals surface area contributed by atoms with Crippen LogP contribution < -0.4 is 5.32 Å². The molecular formula is C18H25N3O4S. The Kier molecular flexibility index (Phi) is 7.59. The quantitative estimate of drug-likeness (QED) is 0.424. The second-order valence-electron chi connectivity index (χ2n) is 6.38. The minimum Gasteiger partial charge on any atom is -0.464 e. The van der Waals surface area contributed by atoms with Crippen LogP contribution in [0.3, 0.4) is 0 Å². The number of esters is 1. The van der Waals surface area contributed by atoms with Crippen LogP contribution in [0, 0.1) is 4.91 Å². The number of rotatable bonds is 8. The van der Waals surface area contributed by atoms with E-state index in [-0.39, 0.29) is 12.5 Å². The van der Waals surface area contributed by atoms with E-state index < -0.39 is 16.8 Å². The molecule has 8 heteroatoms. The maximum Gasteiger partial charge on any atom is 0.330 e. The molecule has 0 saturated carbocycles. The first-order valence-corrected chi connectivity index (χ1v) is 9.49. The molecule has 1 unspecified atom stereocenters. The first-order valence-electron chi connectivity index (χ1n) is 8.71. The van der Waals surface area contributed by atoms with E-state index in [0.29, 0.717) is 25.9 Å². The zero-order valence-electron chi connectivity index (χ0n) is 15.1. The Morgan fingerprint density at radius 3 is 2.50 bits per heavy atom. The second kappa shape index (κ2) is 9.68. The van der Waals surface area contributed by atoms with Crippen molar-refractivity contribution in [2.24, 2.45) is 4.58 Å². The van der Waals surface area contributed by atoms with Crippen LogP contribution in [-0.2, 0) is 20.9 Å². The molecule has 1 aromatic carbocycles. The number of carbonyl (C=O) groups excluding carboxylic acids is 2. The van der Waals surface area contributed by atoms with Gasteiger partial charge in [0, 0.05) is 30.0 Å². The van der Waals surface area contributed by atoms with Crippen molar-refractivity contribution < 1.29 is 14.3 Å². The molecule has 142 valence electrons. The van der Waals surface area contributed by atoms with Crippen molar-refractivity contribution in [1.29, 1.82) is 0 Å². The Morgan fingerprint density at radius 1 is 1.31 bits per heavy atom. The van der Waals surface area contributed by atoms with Crippen LogP contribution in [0.15, 0.2) is 34.9 Å². The van der Waals surface area contributed by atoms with Crippen LogP contribution in [-0.4, -0.2) is 47.3 Å². The van der Waals surface area contributed by atoms with Gasteiger partial charge in [0.25, 0.3) is 0 Å². The van der Waals surface area contributed by atoms with E-state index >= 15 is 0 Å². The Hall–Kier alpha value is -1.93. The zero-order chi connectivity index (χ0) is 19.0. The fourth-order valence-electron chi connectivity index (χ4n) is 3.27. The Labute approximate surface area is 158 Å². The topological polar surface area (TPSA) is 88.1 Å². The summed E-state index contributed by atoms with van der Waals surface area (Å²) in [4.78, 5) is 37.4. The number of carbonyl (C=O) groups is 2. The molecule has 1 amide bonds. The second-order valence-corrected chi connectivity index (χ2v) is 7.52. The number of ether oxygens (including phenoxy) is 1. The summed E-state index contributed by atoms with van der Waals surface area (Å²) < 4.78 is 7.34. The van der Waals surface area contributed by atoms with Crippen LogP contribution in [0.2, 0.25) is 0 Å². The molecule has 1 saturated heterocycles. The highest BCUT2D eigenvalue weighted by atomic mass is 32.2. The Morgan fingerprint density at radius 2 is 1.96 bits per heavy atom. The lowest BCUT2D eigenvalue weighted by molar-refractivity contribution is -0.148. The largest absolute Gasteiger partial charge is 0.464 e. The summed E-state index contributed by atoms with van der Waals surface area (Å²) in [5.74, 6) is -0.851. The molecule has 0 bridgehead atoms. The van der Waals surface area contributed by atoms with E-state index in [9.17, 15) is 14.5 Å². The maximum atomic E-state index is 12.4. The third-order valence-corrected chi connectivity index (χ3v) is 5.65. The molecule has 0 aromatic heterocycles. The van der Waals surface area contributed by atoms with Gasteiger partial charge in [-0.15, -0.1) is 4.91 Å². The number of amides is 1. The fraction of sp³-hybridized carbons (Fsp3) is 0.556. The standard InChI is InChI=1S/C18H25N3O4S/c1-3-25-17(23)16(19-14(2)22)18(26-20-24)9-11-21(12-10-18)13-15-7-5-4-6-8-15/h4-8,16H,3,9-13H2,1-2H3,(H,19,22). The van der Waals surface area contributed by atoms with Gasteiger partial charge in [0.1, 0.15) is 6.04 Å². The minimum absolute atomic E-state index is 0.213. The lowest BCUT2D eigenvalue weighted by Crippen LogP contribution is -2.59. The molecule has 1 aromatic rings. The number of nitroso groups, excluding NO2 is 1. The molecule has 1 aliphatic heterocycles. The van der Waals surface area contributed by atoms with E-state index in [1.807, 2.05) is 18.2 Å². The molecule has 0 radical (unpaired) electrons. The summed E-state index contributed by atoms with van der Waals surface area (Å²) >= 11 is 0.840. The van der Waals surface area contributed by atoms with E-state index in [4.69, 9.17) is 4.74 Å².